The van der Waals surface area contributed by atoms with E-state index in [0.29, 0.717) is 10.6 Å². The number of imide groups is 1. The van der Waals surface area contributed by atoms with Crippen LogP contribution in [0.1, 0.15) is 28.8 Å². The molecule has 1 saturated heterocycles. The average molecular weight is 244 g/mol. The van der Waals surface area contributed by atoms with Crippen molar-refractivity contribution < 1.29 is 19.2 Å². The van der Waals surface area contributed by atoms with Gasteiger partial charge in [0.15, 0.2) is 0 Å². The van der Waals surface area contributed by atoms with Crippen LogP contribution in [-0.2, 0) is 14.4 Å². The van der Waals surface area contributed by atoms with Gasteiger partial charge in [-0.05, 0) is 24.3 Å². The molecule has 0 saturated carbocycles. The number of nitrogens with zero attached hydrogens (tertiary/aromatic N) is 2. The Bertz CT molecular complexity index is 540. The van der Waals surface area contributed by atoms with Crippen LogP contribution < -0.4 is 0 Å². The van der Waals surface area contributed by atoms with Gasteiger partial charge in [-0.3, -0.25) is 9.59 Å². The summed E-state index contributed by atoms with van der Waals surface area (Å²) >= 11 is 0. The van der Waals surface area contributed by atoms with Crippen LogP contribution in [0.15, 0.2) is 24.3 Å². The highest BCUT2D eigenvalue weighted by Gasteiger charge is 2.33. The molecule has 0 aromatic heterocycles. The molecule has 0 unspecified atom stereocenters. The van der Waals surface area contributed by atoms with E-state index in [9.17, 15) is 14.4 Å². The molecule has 1 aromatic rings. The lowest BCUT2D eigenvalue weighted by molar-refractivity contribution is -0.172. The van der Waals surface area contributed by atoms with Gasteiger partial charge < -0.3 is 4.84 Å². The lowest BCUT2D eigenvalue weighted by Crippen LogP contribution is -2.32. The number of nitriles is 1. The van der Waals surface area contributed by atoms with Gasteiger partial charge in [0.1, 0.15) is 0 Å². The molecule has 0 spiro atoms. The summed E-state index contributed by atoms with van der Waals surface area (Å²) in [5, 5.41) is 9.09. The number of amides is 2. The van der Waals surface area contributed by atoms with Crippen molar-refractivity contribution in [2.75, 3.05) is 0 Å². The van der Waals surface area contributed by atoms with E-state index in [1.54, 1.807) is 0 Å². The summed E-state index contributed by atoms with van der Waals surface area (Å²) in [6.07, 6.45) is 0.110. The minimum Gasteiger partial charge on any atom is -0.325 e. The van der Waals surface area contributed by atoms with Gasteiger partial charge in [0.05, 0.1) is 17.2 Å². The van der Waals surface area contributed by atoms with Gasteiger partial charge in [0.2, 0.25) is 0 Å². The summed E-state index contributed by atoms with van der Waals surface area (Å²) in [5.74, 6) is -1.85. The van der Waals surface area contributed by atoms with E-state index < -0.39 is 17.8 Å². The Balaban J connectivity index is 2.10. The number of hydroxylamine groups is 2. The summed E-state index contributed by atoms with van der Waals surface area (Å²) < 4.78 is 0. The van der Waals surface area contributed by atoms with Crippen LogP contribution in [-0.4, -0.2) is 22.8 Å². The Morgan fingerprint density at radius 1 is 1.17 bits per heavy atom. The molecule has 6 nitrogen and oxygen atoms in total. The Kier molecular flexibility index (Phi) is 3.06. The summed E-state index contributed by atoms with van der Waals surface area (Å²) in [4.78, 5) is 38.8. The summed E-state index contributed by atoms with van der Waals surface area (Å²) in [5.41, 5.74) is 0.571. The molecule has 1 aliphatic heterocycles. The average Bonchev–Trinajstić information content (AvgIpc) is 2.70. The summed E-state index contributed by atoms with van der Waals surface area (Å²) in [6.45, 7) is 0. The molecule has 1 aliphatic rings. The second kappa shape index (κ2) is 4.67. The Morgan fingerprint density at radius 3 is 2.22 bits per heavy atom. The number of carbonyl (C=O) groups is 3. The molecule has 2 amide bonds. The number of benzene rings is 1. The van der Waals surface area contributed by atoms with Crippen molar-refractivity contribution in [3.8, 4) is 6.07 Å². The minimum absolute atomic E-state index is 0.0550. The molecule has 0 radical (unpaired) electrons. The molecule has 18 heavy (non-hydrogen) atoms. The highest BCUT2D eigenvalue weighted by molar-refractivity contribution is 6.02. The Labute approximate surface area is 102 Å². The van der Waals surface area contributed by atoms with E-state index >= 15 is 0 Å². The van der Waals surface area contributed by atoms with Crippen molar-refractivity contribution in [1.82, 2.24) is 5.06 Å². The van der Waals surface area contributed by atoms with E-state index in [1.165, 1.54) is 24.3 Å². The maximum Gasteiger partial charge on any atom is 0.363 e. The van der Waals surface area contributed by atoms with Crippen molar-refractivity contribution in [2.45, 2.75) is 12.8 Å². The lowest BCUT2D eigenvalue weighted by Gasteiger charge is -2.12. The fraction of sp³-hybridized carbons (Fsp3) is 0.167. The highest BCUT2D eigenvalue weighted by Crippen LogP contribution is 2.14. The molecule has 6 heteroatoms. The van der Waals surface area contributed by atoms with Crippen LogP contribution in [0, 0.1) is 11.3 Å². The second-order valence-electron chi connectivity index (χ2n) is 3.65. The standard InChI is InChI=1S/C12H8N2O4/c13-7-8-1-3-9(4-2-8)12(17)18-14-10(15)5-6-11(14)16/h1-4H,5-6H2. The topological polar surface area (TPSA) is 87.5 Å². The van der Waals surface area contributed by atoms with Crippen LogP contribution in [0.25, 0.3) is 0 Å². The van der Waals surface area contributed by atoms with Crippen molar-refractivity contribution in [3.63, 3.8) is 0 Å². The van der Waals surface area contributed by atoms with E-state index in [0.717, 1.165) is 0 Å². The number of rotatable bonds is 2. The lowest BCUT2D eigenvalue weighted by atomic mass is 10.1. The molecule has 0 N–H and O–H groups in total. The number of carbonyl (C=O) groups excluding carboxylic acids is 3. The van der Waals surface area contributed by atoms with E-state index in [4.69, 9.17) is 10.1 Å². The molecule has 0 aliphatic carbocycles. The van der Waals surface area contributed by atoms with Gasteiger partial charge in [0.25, 0.3) is 11.8 Å². The van der Waals surface area contributed by atoms with Crippen molar-refractivity contribution in [2.24, 2.45) is 0 Å². The van der Waals surface area contributed by atoms with Crippen LogP contribution in [0.5, 0.6) is 0 Å². The smallest absolute Gasteiger partial charge is 0.325 e. The fourth-order valence-corrected chi connectivity index (χ4v) is 1.47. The molecule has 1 heterocycles. The molecule has 2 rings (SSSR count). The van der Waals surface area contributed by atoms with Gasteiger partial charge in [-0.25, -0.2) is 4.79 Å². The third kappa shape index (κ3) is 2.20. The molecule has 0 bridgehead atoms. The van der Waals surface area contributed by atoms with Gasteiger partial charge in [-0.15, -0.1) is 5.06 Å². The predicted molar refractivity (Wildman–Crippen MR) is 57.7 cm³/mol. The fourth-order valence-electron chi connectivity index (χ4n) is 1.47. The first-order chi connectivity index (χ1) is 8.61. The molecule has 0 atom stereocenters. The first-order valence-corrected chi connectivity index (χ1v) is 5.20. The van der Waals surface area contributed by atoms with Crippen molar-refractivity contribution >= 4 is 17.8 Å². The van der Waals surface area contributed by atoms with Crippen molar-refractivity contribution in [3.05, 3.63) is 35.4 Å². The molecule has 1 aromatic carbocycles. The molecule has 1 fully saturated rings. The van der Waals surface area contributed by atoms with Gasteiger partial charge >= 0.3 is 5.97 Å². The summed E-state index contributed by atoms with van der Waals surface area (Å²) in [6, 6.07) is 7.60. The largest absolute Gasteiger partial charge is 0.363 e. The first-order valence-electron chi connectivity index (χ1n) is 5.20. The predicted octanol–water partition coefficient (Wildman–Crippen LogP) is 0.779. The van der Waals surface area contributed by atoms with Gasteiger partial charge in [-0.2, -0.15) is 5.26 Å². The quantitative estimate of drug-likeness (QED) is 0.717. The van der Waals surface area contributed by atoms with Crippen molar-refractivity contribution in [1.29, 1.82) is 5.26 Å². The minimum atomic E-state index is -0.803. The van der Waals surface area contributed by atoms with Gasteiger partial charge in [-0.1, -0.05) is 0 Å². The SMILES string of the molecule is N#Cc1ccc(C(=O)ON2C(=O)CCC2=O)cc1. The van der Waals surface area contributed by atoms with Crippen LogP contribution in [0.2, 0.25) is 0 Å². The zero-order valence-corrected chi connectivity index (χ0v) is 9.25. The molecular weight excluding hydrogens is 236 g/mol. The number of hydrogen-bond donors (Lipinski definition) is 0. The third-order valence-corrected chi connectivity index (χ3v) is 2.43. The monoisotopic (exact) mass is 244 g/mol. The van der Waals surface area contributed by atoms with E-state index in [-0.39, 0.29) is 18.4 Å². The maximum atomic E-state index is 11.6. The van der Waals surface area contributed by atoms with Crippen LogP contribution >= 0.6 is 0 Å². The first kappa shape index (κ1) is 11.8. The summed E-state index contributed by atoms with van der Waals surface area (Å²) in [7, 11) is 0. The highest BCUT2D eigenvalue weighted by atomic mass is 16.7. The number of hydrogen-bond acceptors (Lipinski definition) is 5. The Hall–Kier alpha value is -2.68. The molecule has 90 valence electrons. The molecular formula is C12H8N2O4. The third-order valence-electron chi connectivity index (χ3n) is 2.43. The van der Waals surface area contributed by atoms with Crippen LogP contribution in [0.3, 0.4) is 0 Å². The Morgan fingerprint density at radius 2 is 1.72 bits per heavy atom. The zero-order chi connectivity index (χ0) is 13.1. The second-order valence-corrected chi connectivity index (χ2v) is 3.65. The van der Waals surface area contributed by atoms with E-state index in [2.05, 4.69) is 0 Å². The normalized spacial score (nSPS) is 14.5. The van der Waals surface area contributed by atoms with Crippen LogP contribution in [0.4, 0.5) is 0 Å². The maximum absolute atomic E-state index is 11.6. The zero-order valence-electron chi connectivity index (χ0n) is 9.25. The van der Waals surface area contributed by atoms with E-state index in [1.807, 2.05) is 6.07 Å². The van der Waals surface area contributed by atoms with Gasteiger partial charge in [0, 0.05) is 12.8 Å².